The number of amides is 1. The summed E-state index contributed by atoms with van der Waals surface area (Å²) in [6.45, 7) is 3.32. The summed E-state index contributed by atoms with van der Waals surface area (Å²) in [5, 5.41) is 9.97. The van der Waals surface area contributed by atoms with E-state index in [4.69, 9.17) is 0 Å². The highest BCUT2D eigenvalue weighted by atomic mass is 16.2. The van der Waals surface area contributed by atoms with Crippen LogP contribution in [0.1, 0.15) is 22.5 Å². The summed E-state index contributed by atoms with van der Waals surface area (Å²) in [5.41, 5.74) is 1.57. The molecule has 0 aliphatic carbocycles. The quantitative estimate of drug-likeness (QED) is 0.861. The number of rotatable bonds is 5. The van der Waals surface area contributed by atoms with Crippen molar-refractivity contribution >= 4 is 5.91 Å². The Labute approximate surface area is 123 Å². The van der Waals surface area contributed by atoms with Gasteiger partial charge in [0.1, 0.15) is 5.69 Å². The summed E-state index contributed by atoms with van der Waals surface area (Å²) in [4.78, 5) is 18.6. The van der Waals surface area contributed by atoms with E-state index >= 15 is 0 Å². The van der Waals surface area contributed by atoms with E-state index in [1.807, 2.05) is 17.0 Å². The van der Waals surface area contributed by atoms with Crippen LogP contribution in [-0.4, -0.2) is 45.6 Å². The van der Waals surface area contributed by atoms with Gasteiger partial charge in [-0.3, -0.25) is 14.9 Å². The van der Waals surface area contributed by atoms with Crippen LogP contribution in [0, 0.1) is 5.92 Å². The topological polar surface area (TPSA) is 73.9 Å². The van der Waals surface area contributed by atoms with Gasteiger partial charge in [-0.2, -0.15) is 5.10 Å². The molecule has 21 heavy (non-hydrogen) atoms. The van der Waals surface area contributed by atoms with E-state index in [1.165, 1.54) is 0 Å². The number of hydrogen-bond acceptors (Lipinski definition) is 4. The van der Waals surface area contributed by atoms with Gasteiger partial charge in [-0.1, -0.05) is 6.07 Å². The Morgan fingerprint density at radius 2 is 2.33 bits per heavy atom. The van der Waals surface area contributed by atoms with Gasteiger partial charge in [0.05, 0.1) is 0 Å². The summed E-state index contributed by atoms with van der Waals surface area (Å²) < 4.78 is 0. The normalized spacial score (nSPS) is 17.8. The molecule has 1 fully saturated rings. The average Bonchev–Trinajstić information content (AvgIpc) is 3.20. The molecule has 0 bridgehead atoms. The largest absolute Gasteiger partial charge is 0.333 e. The maximum atomic E-state index is 12.6. The predicted molar refractivity (Wildman–Crippen MR) is 78.5 cm³/mol. The van der Waals surface area contributed by atoms with E-state index in [0.717, 1.165) is 31.6 Å². The molecule has 0 spiro atoms. The van der Waals surface area contributed by atoms with Crippen LogP contribution >= 0.6 is 0 Å². The van der Waals surface area contributed by atoms with Gasteiger partial charge < -0.3 is 10.2 Å². The fourth-order valence-electron chi connectivity index (χ4n) is 2.66. The van der Waals surface area contributed by atoms with Crippen molar-refractivity contribution in [1.82, 2.24) is 25.4 Å². The van der Waals surface area contributed by atoms with Gasteiger partial charge in [0.2, 0.25) is 0 Å². The van der Waals surface area contributed by atoms with E-state index in [1.54, 1.807) is 24.7 Å². The first-order chi connectivity index (χ1) is 10.3. The fourth-order valence-corrected chi connectivity index (χ4v) is 2.66. The van der Waals surface area contributed by atoms with Crippen LogP contribution in [0.4, 0.5) is 0 Å². The number of nitrogens with one attached hydrogen (secondary N) is 2. The Balaban J connectivity index is 1.75. The van der Waals surface area contributed by atoms with Crippen molar-refractivity contribution in [3.05, 3.63) is 48.0 Å². The third-order valence-corrected chi connectivity index (χ3v) is 3.76. The number of aromatic nitrogens is 3. The van der Waals surface area contributed by atoms with Crippen molar-refractivity contribution in [2.75, 3.05) is 19.6 Å². The van der Waals surface area contributed by atoms with Gasteiger partial charge in [-0.25, -0.2) is 0 Å². The van der Waals surface area contributed by atoms with Crippen molar-refractivity contribution in [2.24, 2.45) is 5.92 Å². The second kappa shape index (κ2) is 6.49. The van der Waals surface area contributed by atoms with E-state index < -0.39 is 0 Å². The SMILES string of the molecule is O=C(c1ccn[nH]1)N(Cc1cccnc1)CC1CCNC1. The molecule has 1 aliphatic heterocycles. The number of H-pyrrole nitrogens is 1. The van der Waals surface area contributed by atoms with Gasteiger partial charge in [0.15, 0.2) is 0 Å². The maximum absolute atomic E-state index is 12.6. The molecule has 1 aliphatic rings. The van der Waals surface area contributed by atoms with Crippen LogP contribution in [-0.2, 0) is 6.54 Å². The number of aromatic amines is 1. The van der Waals surface area contributed by atoms with Crippen LogP contribution in [0.2, 0.25) is 0 Å². The molecule has 0 radical (unpaired) electrons. The van der Waals surface area contributed by atoms with E-state index in [9.17, 15) is 4.79 Å². The lowest BCUT2D eigenvalue weighted by Gasteiger charge is -2.25. The smallest absolute Gasteiger partial charge is 0.272 e. The lowest BCUT2D eigenvalue weighted by Crippen LogP contribution is -2.36. The summed E-state index contributed by atoms with van der Waals surface area (Å²) in [6.07, 6.45) is 6.26. The second-order valence-corrected chi connectivity index (χ2v) is 5.38. The molecule has 2 aromatic rings. The van der Waals surface area contributed by atoms with Crippen molar-refractivity contribution < 1.29 is 4.79 Å². The van der Waals surface area contributed by atoms with Crippen molar-refractivity contribution in [2.45, 2.75) is 13.0 Å². The molecule has 2 N–H and O–H groups in total. The Morgan fingerprint density at radius 1 is 1.38 bits per heavy atom. The van der Waals surface area contributed by atoms with Crippen LogP contribution < -0.4 is 5.32 Å². The Morgan fingerprint density at radius 3 is 3.00 bits per heavy atom. The monoisotopic (exact) mass is 285 g/mol. The van der Waals surface area contributed by atoms with E-state index in [2.05, 4.69) is 20.5 Å². The number of carbonyl (C=O) groups is 1. The molecule has 6 heteroatoms. The number of pyridine rings is 1. The second-order valence-electron chi connectivity index (χ2n) is 5.38. The van der Waals surface area contributed by atoms with Crippen LogP contribution in [0.25, 0.3) is 0 Å². The van der Waals surface area contributed by atoms with Gasteiger partial charge in [0.25, 0.3) is 5.91 Å². The zero-order chi connectivity index (χ0) is 14.5. The molecule has 3 heterocycles. The molecule has 1 unspecified atom stereocenters. The number of hydrogen-bond donors (Lipinski definition) is 2. The lowest BCUT2D eigenvalue weighted by atomic mass is 10.1. The van der Waals surface area contributed by atoms with Gasteiger partial charge >= 0.3 is 0 Å². The lowest BCUT2D eigenvalue weighted by molar-refractivity contribution is 0.0712. The highest BCUT2D eigenvalue weighted by Gasteiger charge is 2.23. The summed E-state index contributed by atoms with van der Waals surface area (Å²) in [6, 6.07) is 5.60. The molecule has 1 atom stereocenters. The maximum Gasteiger partial charge on any atom is 0.272 e. The molecule has 110 valence electrons. The minimum atomic E-state index is -0.0109. The standard InChI is InChI=1S/C15H19N5O/c21-15(14-4-7-18-19-14)20(11-13-3-6-17-9-13)10-12-2-1-5-16-8-12/h1-2,4-5,7-8,13,17H,3,6,9-11H2,(H,18,19). The van der Waals surface area contributed by atoms with Crippen molar-refractivity contribution in [3.63, 3.8) is 0 Å². The fraction of sp³-hybridized carbons (Fsp3) is 0.400. The van der Waals surface area contributed by atoms with Gasteiger partial charge in [-0.15, -0.1) is 0 Å². The molecular formula is C15H19N5O. The highest BCUT2D eigenvalue weighted by Crippen LogP contribution is 2.14. The minimum absolute atomic E-state index is 0.0109. The first-order valence-corrected chi connectivity index (χ1v) is 7.21. The molecule has 0 saturated carbocycles. The Kier molecular flexibility index (Phi) is 4.25. The van der Waals surface area contributed by atoms with Crippen molar-refractivity contribution in [3.8, 4) is 0 Å². The summed E-state index contributed by atoms with van der Waals surface area (Å²) in [7, 11) is 0. The molecular weight excluding hydrogens is 266 g/mol. The van der Waals surface area contributed by atoms with Gasteiger partial charge in [0, 0.05) is 31.7 Å². The van der Waals surface area contributed by atoms with Crippen LogP contribution in [0.15, 0.2) is 36.8 Å². The average molecular weight is 285 g/mol. The third kappa shape index (κ3) is 3.46. The van der Waals surface area contributed by atoms with E-state index in [-0.39, 0.29) is 5.91 Å². The summed E-state index contributed by atoms with van der Waals surface area (Å²) in [5.74, 6) is 0.497. The molecule has 3 rings (SSSR count). The molecule has 0 aromatic carbocycles. The molecule has 1 amide bonds. The first kappa shape index (κ1) is 13.8. The Bertz CT molecular complexity index is 563. The van der Waals surface area contributed by atoms with Crippen molar-refractivity contribution in [1.29, 1.82) is 0 Å². The molecule has 1 saturated heterocycles. The molecule has 6 nitrogen and oxygen atoms in total. The Hall–Kier alpha value is -2.21. The highest BCUT2D eigenvalue weighted by molar-refractivity contribution is 5.92. The third-order valence-electron chi connectivity index (χ3n) is 3.76. The van der Waals surface area contributed by atoms with Crippen LogP contribution in [0.3, 0.4) is 0 Å². The van der Waals surface area contributed by atoms with E-state index in [0.29, 0.717) is 18.2 Å². The van der Waals surface area contributed by atoms with Crippen LogP contribution in [0.5, 0.6) is 0 Å². The zero-order valence-corrected chi connectivity index (χ0v) is 11.8. The first-order valence-electron chi connectivity index (χ1n) is 7.21. The molecule has 2 aromatic heterocycles. The van der Waals surface area contributed by atoms with Gasteiger partial charge in [-0.05, 0) is 43.1 Å². The number of nitrogens with zero attached hydrogens (tertiary/aromatic N) is 3. The zero-order valence-electron chi connectivity index (χ0n) is 11.8. The number of carbonyl (C=O) groups excluding carboxylic acids is 1. The summed E-state index contributed by atoms with van der Waals surface area (Å²) >= 11 is 0. The predicted octanol–water partition coefficient (Wildman–Crippen LogP) is 1.06. The minimum Gasteiger partial charge on any atom is -0.333 e.